The highest BCUT2D eigenvalue weighted by molar-refractivity contribution is 6.31. The lowest BCUT2D eigenvalue weighted by atomic mass is 9.85. The van der Waals surface area contributed by atoms with E-state index >= 15 is 0 Å². The number of aliphatic imine (C=N–C) groups is 1. The number of allylic oxidation sites excluding steroid dienone is 2. The van der Waals surface area contributed by atoms with Crippen molar-refractivity contribution in [2.24, 2.45) is 16.8 Å². The predicted molar refractivity (Wildman–Crippen MR) is 113 cm³/mol. The Labute approximate surface area is 166 Å². The van der Waals surface area contributed by atoms with Crippen LogP contribution in [0.5, 0.6) is 0 Å². The van der Waals surface area contributed by atoms with E-state index in [4.69, 9.17) is 17.4 Å². The monoisotopic (exact) mass is 390 g/mol. The van der Waals surface area contributed by atoms with Crippen LogP contribution in [0.3, 0.4) is 0 Å². The molecule has 27 heavy (non-hydrogen) atoms. The van der Waals surface area contributed by atoms with Crippen molar-refractivity contribution in [2.75, 3.05) is 0 Å². The summed E-state index contributed by atoms with van der Waals surface area (Å²) >= 11 is 6.21. The fourth-order valence-electron chi connectivity index (χ4n) is 3.28. The number of hydrogen-bond donors (Lipinski definition) is 2. The molecule has 2 atom stereocenters. The smallest absolute Gasteiger partial charge is 0.149 e. The second-order valence-corrected chi connectivity index (χ2v) is 7.63. The third-order valence-corrected chi connectivity index (χ3v) is 4.89. The average Bonchev–Trinajstić information content (AvgIpc) is 2.68. The quantitative estimate of drug-likeness (QED) is 0.697. The lowest BCUT2D eigenvalue weighted by molar-refractivity contribution is 0.222. The number of nitrogens with one attached hydrogen (secondary N) is 1. The minimum Gasteiger partial charge on any atom is -0.367 e. The van der Waals surface area contributed by atoms with E-state index in [1.54, 1.807) is 35.8 Å². The summed E-state index contributed by atoms with van der Waals surface area (Å²) in [6, 6.07) is 1.72. The lowest BCUT2D eigenvalue weighted by Gasteiger charge is -2.34. The fraction of sp³-hybridized carbons (Fsp3) is 0.381. The van der Waals surface area contributed by atoms with Crippen LogP contribution in [0, 0.1) is 11.7 Å². The van der Waals surface area contributed by atoms with Crippen LogP contribution in [0.1, 0.15) is 50.3 Å². The Morgan fingerprint density at radius 3 is 2.78 bits per heavy atom. The Balaban J connectivity index is 2.57. The van der Waals surface area contributed by atoms with Gasteiger partial charge in [-0.15, -0.1) is 0 Å². The van der Waals surface area contributed by atoms with Crippen molar-refractivity contribution < 1.29 is 4.39 Å². The van der Waals surface area contributed by atoms with Crippen LogP contribution in [0.2, 0.25) is 5.02 Å². The van der Waals surface area contributed by atoms with E-state index in [1.807, 2.05) is 13.0 Å². The second-order valence-electron chi connectivity index (χ2n) is 7.23. The normalized spacial score (nSPS) is 22.7. The molecule has 0 aliphatic carbocycles. The molecule has 146 valence electrons. The van der Waals surface area contributed by atoms with Crippen LogP contribution in [-0.4, -0.2) is 17.4 Å². The summed E-state index contributed by atoms with van der Waals surface area (Å²) in [6.45, 7) is 12.0. The molecule has 1 aliphatic rings. The van der Waals surface area contributed by atoms with Gasteiger partial charge in [0.2, 0.25) is 0 Å². The van der Waals surface area contributed by atoms with E-state index in [0.29, 0.717) is 11.5 Å². The van der Waals surface area contributed by atoms with Crippen molar-refractivity contribution in [3.63, 3.8) is 0 Å². The van der Waals surface area contributed by atoms with Gasteiger partial charge in [-0.25, -0.2) is 10.2 Å². The molecule has 0 fully saturated rings. The third-order valence-electron chi connectivity index (χ3n) is 4.61. The standard InChI is InChI=1S/C21H28ClFN4/c1-6-16-18(11-13(2)3)17(12-19(22)20(16)23)15(5)21-26-14(4)7-8-25-9-10-27(21)24/h6-10,12-13,15,21,26H,1,11,24H2,2-5H3/b10-9-,14-7+,25-8-. The zero-order chi connectivity index (χ0) is 20.1. The van der Waals surface area contributed by atoms with Gasteiger partial charge in [-0.05, 0) is 42.5 Å². The van der Waals surface area contributed by atoms with E-state index in [2.05, 4.69) is 37.7 Å². The molecule has 1 aliphatic heterocycles. The molecule has 6 heteroatoms. The molecule has 0 bridgehead atoms. The second kappa shape index (κ2) is 9.20. The van der Waals surface area contributed by atoms with E-state index in [1.165, 1.54) is 0 Å². The Kier molecular flexibility index (Phi) is 7.22. The van der Waals surface area contributed by atoms with Crippen molar-refractivity contribution in [3.8, 4) is 0 Å². The molecular weight excluding hydrogens is 363 g/mol. The van der Waals surface area contributed by atoms with Crippen LogP contribution < -0.4 is 11.2 Å². The highest BCUT2D eigenvalue weighted by atomic mass is 35.5. The maximum Gasteiger partial charge on any atom is 0.149 e. The summed E-state index contributed by atoms with van der Waals surface area (Å²) in [6.07, 6.45) is 8.94. The first-order valence-electron chi connectivity index (χ1n) is 9.05. The van der Waals surface area contributed by atoms with Crippen molar-refractivity contribution >= 4 is 23.9 Å². The lowest BCUT2D eigenvalue weighted by Crippen LogP contribution is -2.49. The molecule has 1 aromatic carbocycles. The van der Waals surface area contributed by atoms with Gasteiger partial charge in [0.05, 0.1) is 5.02 Å². The van der Waals surface area contributed by atoms with Crippen molar-refractivity contribution in [2.45, 2.75) is 46.2 Å². The number of hydrogen-bond acceptors (Lipinski definition) is 4. The molecule has 0 saturated heterocycles. The topological polar surface area (TPSA) is 53.7 Å². The van der Waals surface area contributed by atoms with Crippen LogP contribution >= 0.6 is 11.6 Å². The summed E-state index contributed by atoms with van der Waals surface area (Å²) in [5.74, 6) is 6.12. The minimum atomic E-state index is -0.422. The van der Waals surface area contributed by atoms with Gasteiger partial charge in [0.15, 0.2) is 0 Å². The van der Waals surface area contributed by atoms with Gasteiger partial charge in [0, 0.05) is 35.8 Å². The zero-order valence-corrected chi connectivity index (χ0v) is 17.1. The molecular formula is C21H28ClFN4. The first kappa shape index (κ1) is 21.2. The molecule has 3 N–H and O–H groups in total. The maximum atomic E-state index is 14.6. The van der Waals surface area contributed by atoms with E-state index in [0.717, 1.165) is 23.2 Å². The first-order chi connectivity index (χ1) is 12.8. The minimum absolute atomic E-state index is 0.0772. The van der Waals surface area contributed by atoms with Crippen LogP contribution in [0.4, 0.5) is 4.39 Å². The molecule has 0 aromatic heterocycles. The fourth-order valence-corrected chi connectivity index (χ4v) is 3.50. The average molecular weight is 391 g/mol. The van der Waals surface area contributed by atoms with Gasteiger partial charge >= 0.3 is 0 Å². The Morgan fingerprint density at radius 2 is 2.15 bits per heavy atom. The van der Waals surface area contributed by atoms with Gasteiger partial charge in [-0.2, -0.15) is 0 Å². The summed E-state index contributed by atoms with van der Waals surface area (Å²) in [5, 5.41) is 5.09. The number of benzene rings is 1. The molecule has 1 aromatic rings. The van der Waals surface area contributed by atoms with Gasteiger partial charge in [0.25, 0.3) is 0 Å². The number of nitrogens with two attached hydrogens (primary N) is 1. The number of hydrazine groups is 1. The Hall–Kier alpha value is -2.11. The number of rotatable bonds is 5. The SMILES string of the molecule is C=Cc1c(F)c(Cl)cc(C(C)C2N/C(C)=C/C=N\C=C/N2N)c1CC(C)C. The van der Waals surface area contributed by atoms with Gasteiger partial charge in [-0.3, -0.25) is 10.0 Å². The third kappa shape index (κ3) is 4.99. The predicted octanol–water partition coefficient (Wildman–Crippen LogP) is 4.97. The molecule has 2 rings (SSSR count). The van der Waals surface area contributed by atoms with Crippen LogP contribution in [0.25, 0.3) is 6.08 Å². The molecule has 0 amide bonds. The highest BCUT2D eigenvalue weighted by Crippen LogP contribution is 2.34. The largest absolute Gasteiger partial charge is 0.367 e. The van der Waals surface area contributed by atoms with Gasteiger partial charge < -0.3 is 5.32 Å². The van der Waals surface area contributed by atoms with Crippen LogP contribution in [-0.2, 0) is 6.42 Å². The molecule has 0 saturated carbocycles. The number of halogens is 2. The molecule has 1 heterocycles. The maximum absolute atomic E-state index is 14.6. The molecule has 0 spiro atoms. The Morgan fingerprint density at radius 1 is 1.44 bits per heavy atom. The molecule has 0 radical (unpaired) electrons. The number of nitrogens with zero attached hydrogens (tertiary/aromatic N) is 2. The summed E-state index contributed by atoms with van der Waals surface area (Å²) < 4.78 is 14.6. The summed E-state index contributed by atoms with van der Waals surface area (Å²) in [4.78, 5) is 4.14. The first-order valence-corrected chi connectivity index (χ1v) is 9.43. The van der Waals surface area contributed by atoms with Crippen molar-refractivity contribution in [1.82, 2.24) is 10.3 Å². The zero-order valence-electron chi connectivity index (χ0n) is 16.3. The Bertz CT molecular complexity index is 783. The molecule has 4 nitrogen and oxygen atoms in total. The van der Waals surface area contributed by atoms with E-state index < -0.39 is 5.82 Å². The summed E-state index contributed by atoms with van der Waals surface area (Å²) in [7, 11) is 0. The van der Waals surface area contributed by atoms with Crippen LogP contribution in [0.15, 0.2) is 41.8 Å². The van der Waals surface area contributed by atoms with Gasteiger partial charge in [0.1, 0.15) is 12.0 Å². The highest BCUT2D eigenvalue weighted by Gasteiger charge is 2.27. The van der Waals surface area contributed by atoms with E-state index in [9.17, 15) is 4.39 Å². The van der Waals surface area contributed by atoms with Crippen molar-refractivity contribution in [3.05, 3.63) is 64.3 Å². The molecule has 2 unspecified atom stereocenters. The van der Waals surface area contributed by atoms with E-state index in [-0.39, 0.29) is 17.1 Å². The van der Waals surface area contributed by atoms with Crippen molar-refractivity contribution in [1.29, 1.82) is 0 Å². The van der Waals surface area contributed by atoms with Gasteiger partial charge in [-0.1, -0.05) is 45.0 Å². The summed E-state index contributed by atoms with van der Waals surface area (Å²) in [5.41, 5.74) is 3.28.